The molecule has 0 spiro atoms. The summed E-state index contributed by atoms with van der Waals surface area (Å²) < 4.78 is 0. The van der Waals surface area contributed by atoms with E-state index in [-0.39, 0.29) is 23.5 Å². The summed E-state index contributed by atoms with van der Waals surface area (Å²) in [4.78, 5) is 46.1. The molecule has 1 saturated carbocycles. The van der Waals surface area contributed by atoms with Crippen LogP contribution in [0.25, 0.3) is 0 Å². The summed E-state index contributed by atoms with van der Waals surface area (Å²) in [5.74, 6) is -2.34. The summed E-state index contributed by atoms with van der Waals surface area (Å²) in [6.07, 6.45) is 1.74. The molecule has 0 radical (unpaired) electrons. The molecule has 1 aromatic rings. The SMILES string of the molecule is Cc1ccc(NC(=O)CSCC(=O)NNC(=O)C(=O)NC2CC2)cc1. The van der Waals surface area contributed by atoms with Crippen LogP contribution in [0.1, 0.15) is 18.4 Å². The Kier molecular flexibility index (Phi) is 6.81. The number of rotatable bonds is 6. The van der Waals surface area contributed by atoms with Crippen molar-refractivity contribution in [3.8, 4) is 0 Å². The van der Waals surface area contributed by atoms with Gasteiger partial charge < -0.3 is 10.6 Å². The molecule has 0 aliphatic heterocycles. The van der Waals surface area contributed by atoms with Crippen molar-refractivity contribution in [3.63, 3.8) is 0 Å². The van der Waals surface area contributed by atoms with Crippen molar-refractivity contribution in [1.29, 1.82) is 0 Å². The number of aryl methyl sites for hydroxylation is 1. The number of nitrogens with one attached hydrogen (secondary N) is 4. The summed E-state index contributed by atoms with van der Waals surface area (Å²) in [6, 6.07) is 7.44. The molecule has 25 heavy (non-hydrogen) atoms. The van der Waals surface area contributed by atoms with Gasteiger partial charge in [-0.1, -0.05) is 17.7 Å². The number of carbonyl (C=O) groups is 4. The topological polar surface area (TPSA) is 116 Å². The van der Waals surface area contributed by atoms with Crippen LogP contribution in [0.2, 0.25) is 0 Å². The second kappa shape index (κ2) is 9.07. The van der Waals surface area contributed by atoms with Crippen LogP contribution in [0.4, 0.5) is 5.69 Å². The van der Waals surface area contributed by atoms with Crippen LogP contribution in [0.5, 0.6) is 0 Å². The van der Waals surface area contributed by atoms with Gasteiger partial charge in [-0.3, -0.25) is 30.0 Å². The molecular formula is C16H20N4O4S. The van der Waals surface area contributed by atoms with Gasteiger partial charge in [0.15, 0.2) is 0 Å². The number of hydrazine groups is 1. The normalized spacial score (nSPS) is 12.8. The van der Waals surface area contributed by atoms with E-state index in [1.54, 1.807) is 12.1 Å². The van der Waals surface area contributed by atoms with Crippen molar-refractivity contribution >= 4 is 41.1 Å². The number of carbonyl (C=O) groups excluding carboxylic acids is 4. The molecule has 4 amide bonds. The summed E-state index contributed by atoms with van der Waals surface area (Å²) in [5.41, 5.74) is 5.95. The van der Waals surface area contributed by atoms with E-state index in [9.17, 15) is 19.2 Å². The highest BCUT2D eigenvalue weighted by atomic mass is 32.2. The van der Waals surface area contributed by atoms with Crippen LogP contribution in [0, 0.1) is 6.92 Å². The Labute approximate surface area is 149 Å². The minimum absolute atomic E-state index is 0.0220. The monoisotopic (exact) mass is 364 g/mol. The molecule has 0 saturated heterocycles. The average molecular weight is 364 g/mol. The van der Waals surface area contributed by atoms with Gasteiger partial charge in [0.1, 0.15) is 0 Å². The predicted octanol–water partition coefficient (Wildman–Crippen LogP) is 0.0927. The van der Waals surface area contributed by atoms with Crippen LogP contribution >= 0.6 is 11.8 Å². The van der Waals surface area contributed by atoms with E-state index in [2.05, 4.69) is 16.1 Å². The maximum Gasteiger partial charge on any atom is 0.327 e. The van der Waals surface area contributed by atoms with Crippen molar-refractivity contribution in [2.75, 3.05) is 16.8 Å². The Morgan fingerprint density at radius 1 is 0.960 bits per heavy atom. The van der Waals surface area contributed by atoms with Gasteiger partial charge >= 0.3 is 11.8 Å². The molecule has 9 heteroatoms. The lowest BCUT2D eigenvalue weighted by Crippen LogP contribution is -2.49. The maximum absolute atomic E-state index is 11.8. The highest BCUT2D eigenvalue weighted by Crippen LogP contribution is 2.18. The molecule has 134 valence electrons. The predicted molar refractivity (Wildman–Crippen MR) is 94.6 cm³/mol. The van der Waals surface area contributed by atoms with Crippen molar-refractivity contribution in [3.05, 3.63) is 29.8 Å². The summed E-state index contributed by atoms with van der Waals surface area (Å²) in [6.45, 7) is 1.95. The average Bonchev–Trinajstić information content (AvgIpc) is 3.38. The molecule has 0 bridgehead atoms. The van der Waals surface area contributed by atoms with Crippen molar-refractivity contribution in [1.82, 2.24) is 16.2 Å². The molecule has 8 nitrogen and oxygen atoms in total. The van der Waals surface area contributed by atoms with E-state index in [0.717, 1.165) is 30.2 Å². The zero-order chi connectivity index (χ0) is 18.2. The lowest BCUT2D eigenvalue weighted by atomic mass is 10.2. The van der Waals surface area contributed by atoms with Gasteiger partial charge in [0.05, 0.1) is 11.5 Å². The number of hydrogen-bond acceptors (Lipinski definition) is 5. The Hall–Kier alpha value is -2.55. The molecule has 1 aliphatic carbocycles. The van der Waals surface area contributed by atoms with Gasteiger partial charge in [-0.25, -0.2) is 0 Å². The van der Waals surface area contributed by atoms with Crippen molar-refractivity contribution in [2.24, 2.45) is 0 Å². The maximum atomic E-state index is 11.8. The van der Waals surface area contributed by atoms with Crippen molar-refractivity contribution < 1.29 is 19.2 Å². The Morgan fingerprint density at radius 2 is 1.60 bits per heavy atom. The highest BCUT2D eigenvalue weighted by Gasteiger charge is 2.26. The first-order valence-electron chi connectivity index (χ1n) is 7.78. The highest BCUT2D eigenvalue weighted by molar-refractivity contribution is 8.00. The van der Waals surface area contributed by atoms with Gasteiger partial charge in [-0.2, -0.15) is 0 Å². The number of amides is 4. The number of anilines is 1. The van der Waals surface area contributed by atoms with Crippen LogP contribution < -0.4 is 21.5 Å². The van der Waals surface area contributed by atoms with Gasteiger partial charge in [0.2, 0.25) is 11.8 Å². The molecule has 0 atom stereocenters. The van der Waals surface area contributed by atoms with Crippen LogP contribution in [0.15, 0.2) is 24.3 Å². The van der Waals surface area contributed by atoms with Gasteiger partial charge in [-0.15, -0.1) is 11.8 Å². The summed E-state index contributed by atoms with van der Waals surface area (Å²) >= 11 is 1.10. The third kappa shape index (κ3) is 7.25. The molecule has 0 aromatic heterocycles. The van der Waals surface area contributed by atoms with Crippen molar-refractivity contribution in [2.45, 2.75) is 25.8 Å². The van der Waals surface area contributed by atoms with Crippen LogP contribution in [0.3, 0.4) is 0 Å². The Balaban J connectivity index is 1.57. The first kappa shape index (κ1) is 18.8. The quantitative estimate of drug-likeness (QED) is 0.422. The number of hydrogen-bond donors (Lipinski definition) is 4. The minimum Gasteiger partial charge on any atom is -0.345 e. The Morgan fingerprint density at radius 3 is 2.24 bits per heavy atom. The largest absolute Gasteiger partial charge is 0.345 e. The van der Waals surface area contributed by atoms with E-state index in [4.69, 9.17) is 0 Å². The summed E-state index contributed by atoms with van der Waals surface area (Å²) in [5, 5.41) is 5.22. The van der Waals surface area contributed by atoms with E-state index in [1.807, 2.05) is 24.5 Å². The fraction of sp³-hybridized carbons (Fsp3) is 0.375. The molecular weight excluding hydrogens is 344 g/mol. The summed E-state index contributed by atoms with van der Waals surface area (Å²) in [7, 11) is 0. The van der Waals surface area contributed by atoms with Gasteiger partial charge in [0.25, 0.3) is 0 Å². The second-order valence-electron chi connectivity index (χ2n) is 5.66. The molecule has 2 rings (SSSR count). The lowest BCUT2D eigenvalue weighted by Gasteiger charge is -2.08. The number of benzene rings is 1. The third-order valence-corrected chi connectivity index (χ3v) is 4.17. The lowest BCUT2D eigenvalue weighted by molar-refractivity contribution is -0.140. The van der Waals surface area contributed by atoms with Crippen LogP contribution in [-0.4, -0.2) is 41.2 Å². The fourth-order valence-corrected chi connectivity index (χ4v) is 2.39. The molecule has 1 aromatic carbocycles. The van der Waals surface area contributed by atoms with E-state index in [1.165, 1.54) is 0 Å². The smallest absolute Gasteiger partial charge is 0.327 e. The molecule has 1 aliphatic rings. The molecule has 1 fully saturated rings. The zero-order valence-corrected chi connectivity index (χ0v) is 14.6. The third-order valence-electron chi connectivity index (χ3n) is 3.24. The zero-order valence-electron chi connectivity index (χ0n) is 13.8. The fourth-order valence-electron chi connectivity index (χ4n) is 1.77. The first-order valence-corrected chi connectivity index (χ1v) is 8.93. The molecule has 0 unspecified atom stereocenters. The van der Waals surface area contributed by atoms with E-state index >= 15 is 0 Å². The van der Waals surface area contributed by atoms with Gasteiger partial charge in [-0.05, 0) is 31.9 Å². The second-order valence-corrected chi connectivity index (χ2v) is 6.64. The van der Waals surface area contributed by atoms with E-state index < -0.39 is 17.7 Å². The molecule has 0 heterocycles. The van der Waals surface area contributed by atoms with E-state index in [0.29, 0.717) is 5.69 Å². The Bertz CT molecular complexity index is 659. The number of thioether (sulfide) groups is 1. The van der Waals surface area contributed by atoms with Crippen LogP contribution in [-0.2, 0) is 19.2 Å². The first-order chi connectivity index (χ1) is 11.9. The standard InChI is InChI=1S/C16H20N4O4S/c1-10-2-4-11(5-3-10)17-13(21)8-25-9-14(22)19-20-16(24)15(23)18-12-6-7-12/h2-5,12H,6-9H2,1H3,(H,17,21)(H,18,23)(H,19,22)(H,20,24). The minimum atomic E-state index is -0.914. The van der Waals surface area contributed by atoms with Gasteiger partial charge in [0, 0.05) is 11.7 Å². The molecule has 4 N–H and O–H groups in total.